The molecule has 0 saturated carbocycles. The van der Waals surface area contributed by atoms with Gasteiger partial charge in [-0.1, -0.05) is 12.1 Å². The van der Waals surface area contributed by atoms with E-state index in [-0.39, 0.29) is 24.1 Å². The number of carbonyl (C=O) groups is 1. The average Bonchev–Trinajstić information content (AvgIpc) is 2.88. The van der Waals surface area contributed by atoms with E-state index in [1.165, 1.54) is 19.1 Å². The fourth-order valence-corrected chi connectivity index (χ4v) is 2.23. The van der Waals surface area contributed by atoms with Gasteiger partial charge in [0.15, 0.2) is 5.78 Å². The Morgan fingerprint density at radius 1 is 1.53 bits per heavy atom. The number of ketones is 1. The Morgan fingerprint density at radius 2 is 2.18 bits per heavy atom. The van der Waals surface area contributed by atoms with E-state index in [9.17, 15) is 4.79 Å². The van der Waals surface area contributed by atoms with E-state index in [0.717, 1.165) is 19.6 Å². The summed E-state index contributed by atoms with van der Waals surface area (Å²) in [5.74, 6) is 0.168. The van der Waals surface area contributed by atoms with Crippen LogP contribution in [0.15, 0.2) is 10.8 Å². The predicted octanol–water partition coefficient (Wildman–Crippen LogP) is 2.32. The summed E-state index contributed by atoms with van der Waals surface area (Å²) < 4.78 is 4.80. The molecule has 96 valence electrons. The van der Waals surface area contributed by atoms with Crippen molar-refractivity contribution in [2.45, 2.75) is 26.7 Å². The van der Waals surface area contributed by atoms with Gasteiger partial charge in [-0.3, -0.25) is 4.79 Å². The van der Waals surface area contributed by atoms with Crippen LogP contribution < -0.4 is 0 Å². The molecule has 17 heavy (non-hydrogen) atoms. The molecule has 0 radical (unpaired) electrons. The summed E-state index contributed by atoms with van der Waals surface area (Å²) in [6.45, 7) is 6.89. The number of likely N-dealkylation sites (tertiary alicyclic amines) is 1. The summed E-state index contributed by atoms with van der Waals surface area (Å²) in [7, 11) is 0. The number of nitrogens with zero attached hydrogens (tertiary/aromatic N) is 2. The molecule has 0 aliphatic carbocycles. The molecule has 1 unspecified atom stereocenters. The molecule has 0 spiro atoms. The van der Waals surface area contributed by atoms with Crippen molar-refractivity contribution in [3.8, 4) is 0 Å². The van der Waals surface area contributed by atoms with Crippen LogP contribution in [-0.4, -0.2) is 35.5 Å². The minimum atomic E-state index is 0. The van der Waals surface area contributed by atoms with Crippen LogP contribution in [0.1, 0.15) is 35.8 Å². The Kier molecular flexibility index (Phi) is 5.15. The number of Topliss-reactive ketones (excluding diaryl/α,β-unsaturated/α-hetero) is 1. The van der Waals surface area contributed by atoms with E-state index in [1.807, 2.05) is 6.92 Å². The van der Waals surface area contributed by atoms with Crippen molar-refractivity contribution < 1.29 is 9.32 Å². The zero-order valence-corrected chi connectivity index (χ0v) is 11.1. The van der Waals surface area contributed by atoms with Gasteiger partial charge >= 0.3 is 0 Å². The average molecular weight is 259 g/mol. The van der Waals surface area contributed by atoms with Gasteiger partial charge in [-0.25, -0.2) is 0 Å². The molecule has 4 nitrogen and oxygen atoms in total. The molecule has 1 saturated heterocycles. The van der Waals surface area contributed by atoms with E-state index in [4.69, 9.17) is 4.52 Å². The first kappa shape index (κ1) is 14.2. The van der Waals surface area contributed by atoms with Gasteiger partial charge < -0.3 is 9.42 Å². The molecule has 1 aromatic heterocycles. The lowest BCUT2D eigenvalue weighted by molar-refractivity contribution is 0.0901. The number of halogens is 1. The Balaban J connectivity index is 0.00000144. The van der Waals surface area contributed by atoms with Crippen LogP contribution in [0.3, 0.4) is 0 Å². The molecule has 1 aromatic rings. The van der Waals surface area contributed by atoms with Crippen LogP contribution in [0.4, 0.5) is 0 Å². The summed E-state index contributed by atoms with van der Waals surface area (Å²) in [4.78, 5) is 14.4. The molecule has 0 bridgehead atoms. The van der Waals surface area contributed by atoms with Gasteiger partial charge in [0, 0.05) is 12.5 Å². The third-order valence-electron chi connectivity index (χ3n) is 3.19. The highest BCUT2D eigenvalue weighted by atomic mass is 35.5. The van der Waals surface area contributed by atoms with Gasteiger partial charge in [-0.15, -0.1) is 12.4 Å². The fourth-order valence-electron chi connectivity index (χ4n) is 2.23. The van der Waals surface area contributed by atoms with Crippen molar-refractivity contribution in [3.05, 3.63) is 17.5 Å². The summed E-state index contributed by atoms with van der Waals surface area (Å²) in [5.41, 5.74) is 1.32. The zero-order valence-electron chi connectivity index (χ0n) is 10.3. The SMILES string of the molecule is Cc1nocc1C(=O)C(C)CN1CCCC1.Cl. The maximum absolute atomic E-state index is 12.1. The second kappa shape index (κ2) is 6.17. The molecule has 2 rings (SSSR count). The first-order valence-electron chi connectivity index (χ1n) is 5.86. The van der Waals surface area contributed by atoms with Gasteiger partial charge in [0.2, 0.25) is 0 Å². The van der Waals surface area contributed by atoms with Crippen LogP contribution >= 0.6 is 12.4 Å². The van der Waals surface area contributed by atoms with Crippen molar-refractivity contribution in [2.75, 3.05) is 19.6 Å². The van der Waals surface area contributed by atoms with E-state index in [1.54, 1.807) is 6.92 Å². The van der Waals surface area contributed by atoms with E-state index < -0.39 is 0 Å². The molecular weight excluding hydrogens is 240 g/mol. The smallest absolute Gasteiger partial charge is 0.172 e. The highest BCUT2D eigenvalue weighted by Crippen LogP contribution is 2.16. The third kappa shape index (κ3) is 3.30. The standard InChI is InChI=1S/C12H18N2O2.ClH/c1-9(7-14-5-3-4-6-14)12(15)11-8-16-13-10(11)2;/h8-9H,3-7H2,1-2H3;1H. The lowest BCUT2D eigenvalue weighted by Crippen LogP contribution is -2.29. The quantitative estimate of drug-likeness (QED) is 0.778. The minimum absolute atomic E-state index is 0. The van der Waals surface area contributed by atoms with E-state index in [0.29, 0.717) is 11.3 Å². The number of rotatable bonds is 4. The van der Waals surface area contributed by atoms with Crippen molar-refractivity contribution in [1.29, 1.82) is 0 Å². The highest BCUT2D eigenvalue weighted by molar-refractivity contribution is 5.98. The van der Waals surface area contributed by atoms with Crippen LogP contribution in [0.5, 0.6) is 0 Å². The lowest BCUT2D eigenvalue weighted by Gasteiger charge is -2.18. The predicted molar refractivity (Wildman–Crippen MR) is 67.7 cm³/mol. The van der Waals surface area contributed by atoms with Crippen LogP contribution in [0.25, 0.3) is 0 Å². The molecule has 5 heteroatoms. The summed E-state index contributed by atoms with van der Waals surface area (Å²) >= 11 is 0. The molecule has 1 aliphatic rings. The fraction of sp³-hybridized carbons (Fsp3) is 0.667. The first-order chi connectivity index (χ1) is 7.68. The molecule has 0 amide bonds. The monoisotopic (exact) mass is 258 g/mol. The molecule has 1 atom stereocenters. The maximum atomic E-state index is 12.1. The van der Waals surface area contributed by atoms with E-state index >= 15 is 0 Å². The van der Waals surface area contributed by atoms with Crippen LogP contribution in [-0.2, 0) is 0 Å². The third-order valence-corrected chi connectivity index (χ3v) is 3.19. The highest BCUT2D eigenvalue weighted by Gasteiger charge is 2.23. The Labute approximate surface area is 108 Å². The van der Waals surface area contributed by atoms with Gasteiger partial charge in [0.05, 0.1) is 11.3 Å². The van der Waals surface area contributed by atoms with Crippen LogP contribution in [0.2, 0.25) is 0 Å². The summed E-state index contributed by atoms with van der Waals surface area (Å²) in [6.07, 6.45) is 3.97. The largest absolute Gasteiger partial charge is 0.364 e. The number of aryl methyl sites for hydroxylation is 1. The van der Waals surface area contributed by atoms with E-state index in [2.05, 4.69) is 10.1 Å². The Bertz CT molecular complexity index is 372. The zero-order chi connectivity index (χ0) is 11.5. The summed E-state index contributed by atoms with van der Waals surface area (Å²) in [6, 6.07) is 0. The Morgan fingerprint density at radius 3 is 2.71 bits per heavy atom. The molecule has 0 aromatic carbocycles. The summed E-state index contributed by atoms with van der Waals surface area (Å²) in [5, 5.41) is 3.74. The van der Waals surface area contributed by atoms with Crippen molar-refractivity contribution in [3.63, 3.8) is 0 Å². The molecule has 1 aliphatic heterocycles. The van der Waals surface area contributed by atoms with Gasteiger partial charge in [-0.05, 0) is 32.9 Å². The van der Waals surface area contributed by atoms with Crippen molar-refractivity contribution in [2.24, 2.45) is 5.92 Å². The minimum Gasteiger partial charge on any atom is -0.364 e. The molecular formula is C12H19ClN2O2. The number of carbonyl (C=O) groups excluding carboxylic acids is 1. The number of hydrogen-bond donors (Lipinski definition) is 0. The van der Waals surface area contributed by atoms with Gasteiger partial charge in [0.25, 0.3) is 0 Å². The second-order valence-corrected chi connectivity index (χ2v) is 4.59. The number of aromatic nitrogens is 1. The Hall–Kier alpha value is -0.870. The van der Waals surface area contributed by atoms with Crippen molar-refractivity contribution >= 4 is 18.2 Å². The lowest BCUT2D eigenvalue weighted by atomic mass is 10.00. The maximum Gasteiger partial charge on any atom is 0.172 e. The number of hydrogen-bond acceptors (Lipinski definition) is 4. The van der Waals surface area contributed by atoms with Crippen LogP contribution in [0, 0.1) is 12.8 Å². The topological polar surface area (TPSA) is 46.3 Å². The van der Waals surface area contributed by atoms with Gasteiger partial charge in [0.1, 0.15) is 6.26 Å². The van der Waals surface area contributed by atoms with Crippen molar-refractivity contribution in [1.82, 2.24) is 10.1 Å². The van der Waals surface area contributed by atoms with Gasteiger partial charge in [-0.2, -0.15) is 0 Å². The molecule has 1 fully saturated rings. The second-order valence-electron chi connectivity index (χ2n) is 4.59. The first-order valence-corrected chi connectivity index (χ1v) is 5.86. The normalized spacial score (nSPS) is 17.8. The molecule has 2 heterocycles. The molecule has 0 N–H and O–H groups in total.